The topological polar surface area (TPSA) is 55.4 Å². The van der Waals surface area contributed by atoms with Gasteiger partial charge in [0.1, 0.15) is 5.82 Å². The minimum atomic E-state index is -0.851. The van der Waals surface area contributed by atoms with E-state index >= 15 is 0 Å². The van der Waals surface area contributed by atoms with Crippen LogP contribution in [-0.2, 0) is 14.9 Å². The molecule has 1 amide bonds. The summed E-state index contributed by atoms with van der Waals surface area (Å²) in [6.45, 7) is 0. The zero-order valence-electron chi connectivity index (χ0n) is 12.9. The van der Waals surface area contributed by atoms with Gasteiger partial charge in [-0.25, -0.2) is 9.18 Å². The van der Waals surface area contributed by atoms with Crippen molar-refractivity contribution in [3.63, 3.8) is 0 Å². The average molecular weight is 348 g/mol. The third kappa shape index (κ3) is 2.87. The number of carbonyl (C=O) groups excluding carboxylic acids is 2. The lowest BCUT2D eigenvalue weighted by Gasteiger charge is -2.17. The molecule has 1 aliphatic carbocycles. The number of carbonyl (C=O) groups is 2. The highest BCUT2D eigenvalue weighted by molar-refractivity contribution is 6.33. The third-order valence-electron chi connectivity index (χ3n) is 4.20. The van der Waals surface area contributed by atoms with Gasteiger partial charge in [0.05, 0.1) is 23.1 Å². The van der Waals surface area contributed by atoms with E-state index < -0.39 is 17.2 Å². The smallest absolute Gasteiger partial charge is 0.339 e. The monoisotopic (exact) mass is 347 g/mol. The summed E-state index contributed by atoms with van der Waals surface area (Å²) >= 11 is 5.96. The van der Waals surface area contributed by atoms with Crippen molar-refractivity contribution in [1.82, 2.24) is 0 Å². The average Bonchev–Trinajstić information content (AvgIpc) is 3.38. The van der Waals surface area contributed by atoms with Gasteiger partial charge in [-0.1, -0.05) is 29.8 Å². The van der Waals surface area contributed by atoms with Crippen molar-refractivity contribution in [2.45, 2.75) is 18.3 Å². The van der Waals surface area contributed by atoms with E-state index in [9.17, 15) is 14.0 Å². The van der Waals surface area contributed by atoms with Gasteiger partial charge in [0.2, 0.25) is 5.91 Å². The normalized spacial score (nSPS) is 14.8. The van der Waals surface area contributed by atoms with E-state index in [2.05, 4.69) is 10.1 Å². The molecular formula is C18H15ClFNO3. The number of nitrogens with one attached hydrogen (secondary N) is 1. The van der Waals surface area contributed by atoms with Crippen LogP contribution in [0.25, 0.3) is 0 Å². The minimum Gasteiger partial charge on any atom is -0.465 e. The van der Waals surface area contributed by atoms with Crippen molar-refractivity contribution in [3.05, 3.63) is 64.4 Å². The Morgan fingerprint density at radius 2 is 1.92 bits per heavy atom. The molecule has 2 aromatic rings. The molecule has 0 aliphatic heterocycles. The maximum absolute atomic E-state index is 14.0. The lowest BCUT2D eigenvalue weighted by Crippen LogP contribution is -2.28. The second-order valence-electron chi connectivity index (χ2n) is 5.70. The van der Waals surface area contributed by atoms with E-state index in [1.165, 1.54) is 25.3 Å². The fourth-order valence-corrected chi connectivity index (χ4v) is 2.91. The van der Waals surface area contributed by atoms with E-state index in [4.69, 9.17) is 11.6 Å². The fraction of sp³-hybridized carbons (Fsp3) is 0.222. The second kappa shape index (κ2) is 6.24. The molecule has 0 spiro atoms. The molecule has 1 N–H and O–H groups in total. The first-order valence-electron chi connectivity index (χ1n) is 7.42. The van der Waals surface area contributed by atoms with Crippen LogP contribution in [0.3, 0.4) is 0 Å². The molecule has 0 aromatic heterocycles. The van der Waals surface area contributed by atoms with Crippen LogP contribution in [0.4, 0.5) is 10.1 Å². The van der Waals surface area contributed by atoms with E-state index in [1.807, 2.05) is 0 Å². The van der Waals surface area contributed by atoms with Gasteiger partial charge in [-0.05, 0) is 37.1 Å². The molecule has 1 saturated carbocycles. The van der Waals surface area contributed by atoms with E-state index in [0.29, 0.717) is 24.1 Å². The number of esters is 1. The Hall–Kier alpha value is -2.40. The van der Waals surface area contributed by atoms with Crippen LogP contribution >= 0.6 is 11.6 Å². The first kappa shape index (κ1) is 16.5. The van der Waals surface area contributed by atoms with Crippen molar-refractivity contribution < 1.29 is 18.7 Å². The summed E-state index contributed by atoms with van der Waals surface area (Å²) in [5.74, 6) is -1.28. The molecule has 0 heterocycles. The van der Waals surface area contributed by atoms with Gasteiger partial charge in [0.15, 0.2) is 0 Å². The molecule has 0 unspecified atom stereocenters. The number of hydrogen-bond acceptors (Lipinski definition) is 3. The summed E-state index contributed by atoms with van der Waals surface area (Å²) in [6, 6.07) is 10.8. The second-order valence-corrected chi connectivity index (χ2v) is 6.11. The number of hydrogen-bond donors (Lipinski definition) is 1. The first-order valence-corrected chi connectivity index (χ1v) is 7.80. The van der Waals surface area contributed by atoms with Crippen LogP contribution in [0, 0.1) is 5.82 Å². The highest BCUT2D eigenvalue weighted by atomic mass is 35.5. The highest BCUT2D eigenvalue weighted by Crippen LogP contribution is 2.49. The quantitative estimate of drug-likeness (QED) is 0.852. The highest BCUT2D eigenvalue weighted by Gasteiger charge is 2.52. The zero-order valence-corrected chi connectivity index (χ0v) is 13.7. The Balaban J connectivity index is 1.86. The van der Waals surface area contributed by atoms with Crippen LogP contribution in [0.2, 0.25) is 5.02 Å². The standard InChI is InChI=1S/C18H15ClFNO3/c1-24-16(22)12-10-11(6-7-14(12)19)21-17(23)18(8-9-18)13-4-2-3-5-15(13)20/h2-7,10H,8-9H2,1H3,(H,21,23). The van der Waals surface area contributed by atoms with Crippen molar-refractivity contribution in [1.29, 1.82) is 0 Å². The molecule has 2 aromatic carbocycles. The molecule has 1 aliphatic rings. The number of anilines is 1. The molecule has 3 rings (SSSR count). The number of methoxy groups -OCH3 is 1. The van der Waals surface area contributed by atoms with Crippen LogP contribution < -0.4 is 5.32 Å². The van der Waals surface area contributed by atoms with E-state index in [1.54, 1.807) is 24.3 Å². The maximum Gasteiger partial charge on any atom is 0.339 e. The molecule has 124 valence electrons. The number of ether oxygens (including phenoxy) is 1. The molecule has 0 atom stereocenters. The molecule has 0 saturated heterocycles. The summed E-state index contributed by atoms with van der Waals surface area (Å²) < 4.78 is 18.7. The Kier molecular flexibility index (Phi) is 4.28. The van der Waals surface area contributed by atoms with Gasteiger partial charge in [-0.2, -0.15) is 0 Å². The Bertz CT molecular complexity index is 818. The van der Waals surface area contributed by atoms with Crippen molar-refractivity contribution >= 4 is 29.2 Å². The van der Waals surface area contributed by atoms with Crippen LogP contribution in [0.1, 0.15) is 28.8 Å². The van der Waals surface area contributed by atoms with E-state index in [0.717, 1.165) is 0 Å². The van der Waals surface area contributed by atoms with Crippen LogP contribution in [0.15, 0.2) is 42.5 Å². The van der Waals surface area contributed by atoms with Crippen LogP contribution in [0.5, 0.6) is 0 Å². The lowest BCUT2D eigenvalue weighted by atomic mass is 9.94. The van der Waals surface area contributed by atoms with Gasteiger partial charge in [-0.3, -0.25) is 4.79 Å². The summed E-state index contributed by atoms with van der Waals surface area (Å²) in [5, 5.41) is 2.98. The molecule has 0 radical (unpaired) electrons. The largest absolute Gasteiger partial charge is 0.465 e. The zero-order chi connectivity index (χ0) is 17.3. The fourth-order valence-electron chi connectivity index (χ4n) is 2.71. The minimum absolute atomic E-state index is 0.160. The Morgan fingerprint density at radius 1 is 1.21 bits per heavy atom. The van der Waals surface area contributed by atoms with Gasteiger partial charge >= 0.3 is 5.97 Å². The van der Waals surface area contributed by atoms with Gasteiger partial charge < -0.3 is 10.1 Å². The summed E-state index contributed by atoms with van der Waals surface area (Å²) in [7, 11) is 1.25. The van der Waals surface area contributed by atoms with Crippen molar-refractivity contribution in [2.24, 2.45) is 0 Å². The summed E-state index contributed by atoms with van der Waals surface area (Å²) in [4.78, 5) is 24.3. The third-order valence-corrected chi connectivity index (χ3v) is 4.53. The summed E-state index contributed by atoms with van der Waals surface area (Å²) in [5.41, 5.74) is 0.112. The maximum atomic E-state index is 14.0. The molecule has 0 bridgehead atoms. The molecule has 24 heavy (non-hydrogen) atoms. The number of benzene rings is 2. The lowest BCUT2D eigenvalue weighted by molar-refractivity contribution is -0.118. The first-order chi connectivity index (χ1) is 11.5. The van der Waals surface area contributed by atoms with Crippen molar-refractivity contribution in [3.8, 4) is 0 Å². The summed E-state index contributed by atoms with van der Waals surface area (Å²) in [6.07, 6.45) is 1.16. The Morgan fingerprint density at radius 3 is 2.54 bits per heavy atom. The molecule has 1 fully saturated rings. The van der Waals surface area contributed by atoms with Gasteiger partial charge in [-0.15, -0.1) is 0 Å². The van der Waals surface area contributed by atoms with E-state index in [-0.39, 0.29) is 16.5 Å². The van der Waals surface area contributed by atoms with Crippen molar-refractivity contribution in [2.75, 3.05) is 12.4 Å². The predicted molar refractivity (Wildman–Crippen MR) is 88.7 cm³/mol. The molecular weight excluding hydrogens is 333 g/mol. The Labute approximate surface area is 143 Å². The molecule has 6 heteroatoms. The number of halogens is 2. The number of rotatable bonds is 4. The van der Waals surface area contributed by atoms with Gasteiger partial charge in [0.25, 0.3) is 0 Å². The molecule has 4 nitrogen and oxygen atoms in total. The SMILES string of the molecule is COC(=O)c1cc(NC(=O)C2(c3ccccc3F)CC2)ccc1Cl. The van der Waals surface area contributed by atoms with Crippen LogP contribution in [-0.4, -0.2) is 19.0 Å². The predicted octanol–water partition coefficient (Wildman–Crippen LogP) is 3.94. The number of amides is 1. The van der Waals surface area contributed by atoms with Gasteiger partial charge in [0, 0.05) is 11.3 Å².